The maximum absolute atomic E-state index is 13.0. The van der Waals surface area contributed by atoms with Gasteiger partial charge in [0, 0.05) is 31.0 Å². The van der Waals surface area contributed by atoms with Crippen LogP contribution in [0.15, 0.2) is 79.0 Å². The number of anilines is 2. The number of hydrogen-bond acceptors (Lipinski definition) is 3. The van der Waals surface area contributed by atoms with E-state index in [9.17, 15) is 4.79 Å². The lowest BCUT2D eigenvalue weighted by molar-refractivity contribution is 0.0611. The maximum Gasteiger partial charge on any atom is 0.254 e. The van der Waals surface area contributed by atoms with Gasteiger partial charge in [-0.2, -0.15) is 0 Å². The van der Waals surface area contributed by atoms with E-state index in [1.165, 1.54) is 0 Å². The first-order valence-electron chi connectivity index (χ1n) is 9.85. The summed E-state index contributed by atoms with van der Waals surface area (Å²) in [7, 11) is 2.02. The molecule has 0 saturated carbocycles. The Bertz CT molecular complexity index is 910. The molecular weight excluding hydrogens is 346 g/mol. The number of benzene rings is 2. The van der Waals surface area contributed by atoms with Crippen LogP contribution in [0.5, 0.6) is 0 Å². The number of piperidine rings is 1. The van der Waals surface area contributed by atoms with Gasteiger partial charge in [-0.15, -0.1) is 0 Å². The third-order valence-corrected chi connectivity index (χ3v) is 5.43. The fourth-order valence-electron chi connectivity index (χ4n) is 3.84. The second kappa shape index (κ2) is 8.26. The molecule has 0 bridgehead atoms. The Labute approximate surface area is 166 Å². The molecule has 1 saturated heterocycles. The third kappa shape index (κ3) is 3.77. The molecule has 1 amide bonds. The SMILES string of the molecule is CN(c1ccccc1)c1ccc([C@@H]2CCCCN2C(=O)c2ccccc2)cn1. The molecule has 142 valence electrons. The van der Waals surface area contributed by atoms with E-state index in [0.29, 0.717) is 0 Å². The van der Waals surface area contributed by atoms with Crippen LogP contribution in [0, 0.1) is 0 Å². The van der Waals surface area contributed by atoms with Crippen molar-refractivity contribution >= 4 is 17.4 Å². The zero-order chi connectivity index (χ0) is 19.3. The van der Waals surface area contributed by atoms with E-state index in [4.69, 9.17) is 0 Å². The largest absolute Gasteiger partial charge is 0.332 e. The van der Waals surface area contributed by atoms with Gasteiger partial charge in [-0.3, -0.25) is 4.79 Å². The minimum Gasteiger partial charge on any atom is -0.332 e. The second-order valence-electron chi connectivity index (χ2n) is 7.22. The minimum atomic E-state index is 0.0880. The van der Waals surface area contributed by atoms with Crippen molar-refractivity contribution in [2.24, 2.45) is 0 Å². The molecule has 0 unspecified atom stereocenters. The van der Waals surface area contributed by atoms with Crippen LogP contribution < -0.4 is 4.90 Å². The van der Waals surface area contributed by atoms with Crippen molar-refractivity contribution in [2.45, 2.75) is 25.3 Å². The van der Waals surface area contributed by atoms with Crippen molar-refractivity contribution < 1.29 is 4.79 Å². The lowest BCUT2D eigenvalue weighted by atomic mass is 9.95. The normalized spacial score (nSPS) is 16.6. The molecule has 1 fully saturated rings. The molecule has 0 N–H and O–H groups in total. The molecule has 1 aliphatic heterocycles. The fraction of sp³-hybridized carbons (Fsp3) is 0.250. The zero-order valence-electron chi connectivity index (χ0n) is 16.2. The summed E-state index contributed by atoms with van der Waals surface area (Å²) >= 11 is 0. The van der Waals surface area contributed by atoms with E-state index in [1.807, 2.05) is 72.7 Å². The number of carbonyl (C=O) groups is 1. The second-order valence-corrected chi connectivity index (χ2v) is 7.22. The first-order valence-corrected chi connectivity index (χ1v) is 9.85. The zero-order valence-corrected chi connectivity index (χ0v) is 16.2. The molecule has 4 heteroatoms. The average Bonchev–Trinajstić information content (AvgIpc) is 2.79. The van der Waals surface area contributed by atoms with E-state index in [0.717, 1.165) is 48.4 Å². The summed E-state index contributed by atoms with van der Waals surface area (Å²) in [5.74, 6) is 1.00. The lowest BCUT2D eigenvalue weighted by Gasteiger charge is -2.36. The topological polar surface area (TPSA) is 36.4 Å². The number of nitrogens with zero attached hydrogens (tertiary/aromatic N) is 3. The number of amides is 1. The van der Waals surface area contributed by atoms with E-state index >= 15 is 0 Å². The molecule has 1 aliphatic rings. The van der Waals surface area contributed by atoms with Gasteiger partial charge in [0.25, 0.3) is 5.91 Å². The first-order chi connectivity index (χ1) is 13.7. The number of carbonyl (C=O) groups excluding carboxylic acids is 1. The molecule has 2 aromatic carbocycles. The summed E-state index contributed by atoms with van der Waals surface area (Å²) in [4.78, 5) is 21.8. The Balaban J connectivity index is 1.56. The van der Waals surface area contributed by atoms with Crippen LogP contribution in [-0.4, -0.2) is 29.4 Å². The highest BCUT2D eigenvalue weighted by Gasteiger charge is 2.28. The van der Waals surface area contributed by atoms with Crippen LogP contribution in [0.4, 0.5) is 11.5 Å². The lowest BCUT2D eigenvalue weighted by Crippen LogP contribution is -2.38. The highest BCUT2D eigenvalue weighted by atomic mass is 16.2. The molecule has 1 aromatic heterocycles. The van der Waals surface area contributed by atoms with Gasteiger partial charge in [0.1, 0.15) is 5.82 Å². The molecular formula is C24H25N3O. The molecule has 1 atom stereocenters. The molecule has 0 radical (unpaired) electrons. The van der Waals surface area contributed by atoms with Gasteiger partial charge in [0.15, 0.2) is 0 Å². The number of aromatic nitrogens is 1. The van der Waals surface area contributed by atoms with Gasteiger partial charge >= 0.3 is 0 Å². The Morgan fingerprint density at radius 2 is 1.68 bits per heavy atom. The van der Waals surface area contributed by atoms with Crippen LogP contribution in [0.2, 0.25) is 0 Å². The van der Waals surface area contributed by atoms with Crippen molar-refractivity contribution in [3.05, 3.63) is 90.1 Å². The Kier molecular flexibility index (Phi) is 5.38. The van der Waals surface area contributed by atoms with E-state index < -0.39 is 0 Å². The predicted molar refractivity (Wildman–Crippen MR) is 113 cm³/mol. The minimum absolute atomic E-state index is 0.0880. The third-order valence-electron chi connectivity index (χ3n) is 5.43. The van der Waals surface area contributed by atoms with E-state index in [2.05, 4.69) is 28.1 Å². The van der Waals surface area contributed by atoms with E-state index in [-0.39, 0.29) is 11.9 Å². The molecule has 28 heavy (non-hydrogen) atoms. The first kappa shape index (κ1) is 18.2. The maximum atomic E-state index is 13.0. The Morgan fingerprint density at radius 3 is 2.36 bits per heavy atom. The molecule has 0 spiro atoms. The summed E-state index contributed by atoms with van der Waals surface area (Å²) in [6.07, 6.45) is 5.09. The van der Waals surface area contributed by atoms with Crippen molar-refractivity contribution in [1.29, 1.82) is 0 Å². The van der Waals surface area contributed by atoms with Gasteiger partial charge in [-0.25, -0.2) is 4.98 Å². The van der Waals surface area contributed by atoms with Crippen LogP contribution in [0.25, 0.3) is 0 Å². The van der Waals surface area contributed by atoms with Gasteiger partial charge in [0.2, 0.25) is 0 Å². The quantitative estimate of drug-likeness (QED) is 0.631. The molecule has 4 nitrogen and oxygen atoms in total. The summed E-state index contributed by atoms with van der Waals surface area (Å²) < 4.78 is 0. The fourth-order valence-corrected chi connectivity index (χ4v) is 3.84. The number of hydrogen-bond donors (Lipinski definition) is 0. The van der Waals surface area contributed by atoms with Crippen molar-refractivity contribution in [1.82, 2.24) is 9.88 Å². The van der Waals surface area contributed by atoms with Gasteiger partial charge in [-0.05, 0) is 55.2 Å². The van der Waals surface area contributed by atoms with Gasteiger partial charge in [-0.1, -0.05) is 42.5 Å². The molecule has 4 rings (SSSR count). The van der Waals surface area contributed by atoms with E-state index in [1.54, 1.807) is 0 Å². The van der Waals surface area contributed by atoms with Crippen molar-refractivity contribution in [2.75, 3.05) is 18.5 Å². The number of para-hydroxylation sites is 1. The highest BCUT2D eigenvalue weighted by molar-refractivity contribution is 5.94. The molecule has 3 aromatic rings. The smallest absolute Gasteiger partial charge is 0.254 e. The van der Waals surface area contributed by atoms with Crippen LogP contribution in [0.1, 0.15) is 41.2 Å². The average molecular weight is 371 g/mol. The highest BCUT2D eigenvalue weighted by Crippen LogP contribution is 2.33. The predicted octanol–water partition coefficient (Wildman–Crippen LogP) is 5.22. The van der Waals surface area contributed by atoms with Gasteiger partial charge in [0.05, 0.1) is 6.04 Å². The Hall–Kier alpha value is -3.14. The van der Waals surface area contributed by atoms with Crippen LogP contribution in [-0.2, 0) is 0 Å². The summed E-state index contributed by atoms with van der Waals surface area (Å²) in [6, 6.07) is 24.0. The number of pyridine rings is 1. The van der Waals surface area contributed by atoms with Gasteiger partial charge < -0.3 is 9.80 Å². The van der Waals surface area contributed by atoms with Crippen molar-refractivity contribution in [3.63, 3.8) is 0 Å². The molecule has 2 heterocycles. The van der Waals surface area contributed by atoms with Crippen LogP contribution in [0.3, 0.4) is 0 Å². The monoisotopic (exact) mass is 371 g/mol. The van der Waals surface area contributed by atoms with Crippen molar-refractivity contribution in [3.8, 4) is 0 Å². The standard InChI is InChI=1S/C24H25N3O/c1-26(21-12-6-3-7-13-21)23-16-15-20(18-25-23)22-14-8-9-17-27(22)24(28)19-10-4-2-5-11-19/h2-7,10-13,15-16,18,22H,8-9,14,17H2,1H3/t22-/m0/s1. The summed E-state index contributed by atoms with van der Waals surface area (Å²) in [6.45, 7) is 0.796. The molecule has 0 aliphatic carbocycles. The summed E-state index contributed by atoms with van der Waals surface area (Å²) in [5.41, 5.74) is 2.96. The summed E-state index contributed by atoms with van der Waals surface area (Å²) in [5, 5.41) is 0. The Morgan fingerprint density at radius 1 is 0.964 bits per heavy atom. The number of rotatable bonds is 4. The van der Waals surface area contributed by atoms with Crippen LogP contribution >= 0.6 is 0 Å². The number of likely N-dealkylation sites (tertiary alicyclic amines) is 1.